The summed E-state index contributed by atoms with van der Waals surface area (Å²) in [6.45, 7) is 0.278. The minimum Gasteiger partial charge on any atom is -0.444 e. The van der Waals surface area contributed by atoms with E-state index in [1.165, 1.54) is 5.56 Å². The van der Waals surface area contributed by atoms with Gasteiger partial charge in [-0.25, -0.2) is 4.79 Å². The second-order valence-electron chi connectivity index (χ2n) is 5.06. The molecule has 1 aliphatic rings. The van der Waals surface area contributed by atoms with Gasteiger partial charge in [-0.05, 0) is 48.4 Å². The maximum atomic E-state index is 11.9. The number of hydrogen-bond donors (Lipinski definition) is 1. The molecule has 0 aromatic heterocycles. The quantitative estimate of drug-likeness (QED) is 0.922. The van der Waals surface area contributed by atoms with E-state index in [1.54, 1.807) is 0 Å². The van der Waals surface area contributed by atoms with E-state index in [-0.39, 0.29) is 6.61 Å². The fourth-order valence-corrected chi connectivity index (χ4v) is 2.50. The maximum absolute atomic E-state index is 11.9. The van der Waals surface area contributed by atoms with Gasteiger partial charge in [0.25, 0.3) is 0 Å². The number of amides is 1. The fourth-order valence-electron chi connectivity index (χ4n) is 2.50. The van der Waals surface area contributed by atoms with Crippen LogP contribution < -0.4 is 5.32 Å². The topological polar surface area (TPSA) is 38.3 Å². The Morgan fingerprint density at radius 1 is 1.14 bits per heavy atom. The first-order chi connectivity index (χ1) is 10.3. The van der Waals surface area contributed by atoms with E-state index in [0.29, 0.717) is 0 Å². The third kappa shape index (κ3) is 3.43. The first-order valence-corrected chi connectivity index (χ1v) is 7.12. The molecule has 1 amide bonds. The molecule has 0 fully saturated rings. The summed E-state index contributed by atoms with van der Waals surface area (Å²) in [5.41, 5.74) is 4.25. The molecule has 0 bridgehead atoms. The second kappa shape index (κ2) is 6.44. The van der Waals surface area contributed by atoms with Gasteiger partial charge in [-0.1, -0.05) is 42.5 Å². The van der Waals surface area contributed by atoms with Gasteiger partial charge in [0.15, 0.2) is 0 Å². The van der Waals surface area contributed by atoms with Gasteiger partial charge in [-0.3, -0.25) is 5.32 Å². The van der Waals surface area contributed by atoms with Crippen LogP contribution in [0.4, 0.5) is 10.5 Å². The third-order valence-corrected chi connectivity index (χ3v) is 3.60. The Kier molecular flexibility index (Phi) is 4.20. The third-order valence-electron chi connectivity index (χ3n) is 3.60. The van der Waals surface area contributed by atoms with Crippen molar-refractivity contribution in [3.63, 3.8) is 0 Å². The summed E-state index contributed by atoms with van der Waals surface area (Å²) in [6, 6.07) is 15.6. The molecule has 0 aliphatic heterocycles. The number of hydrogen-bond acceptors (Lipinski definition) is 2. The Morgan fingerprint density at radius 2 is 2.00 bits per heavy atom. The van der Waals surface area contributed by atoms with Gasteiger partial charge in [0.2, 0.25) is 0 Å². The number of benzene rings is 2. The molecule has 1 aliphatic carbocycles. The minimum absolute atomic E-state index is 0.278. The van der Waals surface area contributed by atoms with Crippen molar-refractivity contribution in [2.24, 2.45) is 0 Å². The predicted octanol–water partition coefficient (Wildman–Crippen LogP) is 4.01. The number of ether oxygens (including phenoxy) is 1. The zero-order chi connectivity index (χ0) is 14.5. The van der Waals surface area contributed by atoms with Crippen molar-refractivity contribution in [2.45, 2.75) is 25.9 Å². The van der Waals surface area contributed by atoms with Crippen molar-refractivity contribution >= 4 is 11.8 Å². The Morgan fingerprint density at radius 3 is 2.86 bits per heavy atom. The van der Waals surface area contributed by atoms with Crippen molar-refractivity contribution < 1.29 is 9.53 Å². The van der Waals surface area contributed by atoms with E-state index in [2.05, 4.69) is 17.8 Å². The first kappa shape index (κ1) is 13.7. The van der Waals surface area contributed by atoms with Crippen LogP contribution in [-0.2, 0) is 24.2 Å². The van der Waals surface area contributed by atoms with Crippen LogP contribution in [0.3, 0.4) is 0 Å². The molecule has 2 aromatic carbocycles. The van der Waals surface area contributed by atoms with E-state index in [0.717, 1.165) is 36.1 Å². The van der Waals surface area contributed by atoms with Crippen LogP contribution in [0, 0.1) is 6.42 Å². The van der Waals surface area contributed by atoms with Crippen LogP contribution in [0.25, 0.3) is 0 Å². The fraction of sp³-hybridized carbons (Fsp3) is 0.222. The Balaban J connectivity index is 1.63. The van der Waals surface area contributed by atoms with Gasteiger partial charge >= 0.3 is 6.09 Å². The molecule has 3 heteroatoms. The van der Waals surface area contributed by atoms with Crippen molar-refractivity contribution in [3.8, 4) is 0 Å². The molecule has 106 valence electrons. The number of fused-ring (bicyclic) bond motifs is 1. The summed E-state index contributed by atoms with van der Waals surface area (Å²) in [5, 5.41) is 2.84. The van der Waals surface area contributed by atoms with Crippen molar-refractivity contribution in [1.82, 2.24) is 0 Å². The van der Waals surface area contributed by atoms with Crippen LogP contribution in [0.1, 0.15) is 23.1 Å². The van der Waals surface area contributed by atoms with Crippen molar-refractivity contribution in [3.05, 3.63) is 71.6 Å². The first-order valence-electron chi connectivity index (χ1n) is 7.12. The van der Waals surface area contributed by atoms with E-state index in [1.807, 2.05) is 42.5 Å². The van der Waals surface area contributed by atoms with E-state index < -0.39 is 6.09 Å². The smallest absolute Gasteiger partial charge is 0.411 e. The molecule has 1 N–H and O–H groups in total. The Hall–Kier alpha value is -2.29. The van der Waals surface area contributed by atoms with E-state index in [9.17, 15) is 4.79 Å². The van der Waals surface area contributed by atoms with Crippen LogP contribution in [0.15, 0.2) is 48.5 Å². The van der Waals surface area contributed by atoms with E-state index >= 15 is 0 Å². The normalized spacial score (nSPS) is 13.3. The van der Waals surface area contributed by atoms with Gasteiger partial charge in [-0.15, -0.1) is 0 Å². The van der Waals surface area contributed by atoms with Crippen LogP contribution in [-0.4, -0.2) is 6.09 Å². The molecule has 0 atom stereocenters. The lowest BCUT2D eigenvalue weighted by atomic mass is 9.90. The lowest BCUT2D eigenvalue weighted by molar-refractivity contribution is 0.155. The molecule has 0 saturated heterocycles. The molecule has 21 heavy (non-hydrogen) atoms. The number of rotatable bonds is 3. The molecular weight excluding hydrogens is 262 g/mol. The lowest BCUT2D eigenvalue weighted by Gasteiger charge is -2.19. The van der Waals surface area contributed by atoms with E-state index in [4.69, 9.17) is 4.74 Å². The largest absolute Gasteiger partial charge is 0.444 e. The lowest BCUT2D eigenvalue weighted by Crippen LogP contribution is -2.16. The van der Waals surface area contributed by atoms with Gasteiger partial charge < -0.3 is 4.74 Å². The molecule has 0 spiro atoms. The highest BCUT2D eigenvalue weighted by Crippen LogP contribution is 2.27. The van der Waals surface area contributed by atoms with Crippen LogP contribution in [0.2, 0.25) is 0 Å². The molecule has 2 radical (unpaired) electrons. The Bertz CT molecular complexity index is 622. The predicted molar refractivity (Wildman–Crippen MR) is 82.0 cm³/mol. The average molecular weight is 279 g/mol. The molecule has 0 unspecified atom stereocenters. The highest BCUT2D eigenvalue weighted by atomic mass is 16.5. The number of nitrogens with one attached hydrogen (secondary N) is 1. The zero-order valence-corrected chi connectivity index (χ0v) is 11.8. The standard InChI is InChI=1S/C18H17NO2/c20-18(21-13-14-7-2-1-3-8-14)19-17-12-6-10-15-9-4-5-11-16(15)17/h1-3,6-8,10,12H,4,9,11,13H2,(H,19,20). The molecular formula is C18H17NO2. The summed E-state index contributed by atoms with van der Waals surface area (Å²) in [6.07, 6.45) is 5.65. The van der Waals surface area contributed by atoms with Crippen molar-refractivity contribution in [1.29, 1.82) is 0 Å². The number of carbonyl (C=O) groups excluding carboxylic acids is 1. The van der Waals surface area contributed by atoms with Crippen molar-refractivity contribution in [2.75, 3.05) is 5.32 Å². The summed E-state index contributed by atoms with van der Waals surface area (Å²) in [7, 11) is 0. The molecule has 3 rings (SSSR count). The summed E-state index contributed by atoms with van der Waals surface area (Å²) in [4.78, 5) is 11.9. The Labute approximate surface area is 124 Å². The summed E-state index contributed by atoms with van der Waals surface area (Å²) >= 11 is 0. The van der Waals surface area contributed by atoms with Crippen LogP contribution >= 0.6 is 0 Å². The van der Waals surface area contributed by atoms with Gasteiger partial charge in [0, 0.05) is 5.69 Å². The zero-order valence-electron chi connectivity index (χ0n) is 11.8. The van der Waals surface area contributed by atoms with Crippen LogP contribution in [0.5, 0.6) is 0 Å². The maximum Gasteiger partial charge on any atom is 0.411 e. The highest BCUT2D eigenvalue weighted by molar-refractivity contribution is 5.86. The summed E-state index contributed by atoms with van der Waals surface area (Å²) < 4.78 is 5.25. The molecule has 0 saturated carbocycles. The molecule has 0 heterocycles. The SMILES string of the molecule is O=C(Nc1cccc2c1C[C]CC2)OCc1ccccc1. The second-order valence-corrected chi connectivity index (χ2v) is 5.06. The summed E-state index contributed by atoms with van der Waals surface area (Å²) in [5.74, 6) is 0. The number of anilines is 1. The molecule has 3 nitrogen and oxygen atoms in total. The number of aryl methyl sites for hydroxylation is 1. The monoisotopic (exact) mass is 279 g/mol. The van der Waals surface area contributed by atoms with Gasteiger partial charge in [0.05, 0.1) is 0 Å². The number of carbonyl (C=O) groups is 1. The minimum atomic E-state index is -0.419. The highest BCUT2D eigenvalue weighted by Gasteiger charge is 2.15. The average Bonchev–Trinajstić information content (AvgIpc) is 2.54. The van der Waals surface area contributed by atoms with Gasteiger partial charge in [-0.2, -0.15) is 0 Å². The molecule has 2 aromatic rings. The van der Waals surface area contributed by atoms with Gasteiger partial charge in [0.1, 0.15) is 6.61 Å².